The van der Waals surface area contributed by atoms with Crippen LogP contribution in [0.15, 0.2) is 29.2 Å². The van der Waals surface area contributed by atoms with E-state index >= 15 is 0 Å². The van der Waals surface area contributed by atoms with Crippen LogP contribution in [0.4, 0.5) is 0 Å². The molecule has 0 saturated carbocycles. The summed E-state index contributed by atoms with van der Waals surface area (Å²) < 4.78 is 33.7. The van der Waals surface area contributed by atoms with Gasteiger partial charge >= 0.3 is 206 Å². The van der Waals surface area contributed by atoms with E-state index in [1.807, 2.05) is 19.1 Å². The fourth-order valence-electron chi connectivity index (χ4n) is 6.25. The molecule has 0 spiro atoms. The molecule has 0 heterocycles. The molecule has 1 rings (SSSR count). The molecule has 0 amide bonds. The van der Waals surface area contributed by atoms with E-state index in [4.69, 9.17) is 3.97 Å². The molecule has 3 nitrogen and oxygen atoms in total. The van der Waals surface area contributed by atoms with Gasteiger partial charge in [-0.1, -0.05) is 26.2 Å². The molecule has 1 aromatic carbocycles. The Kier molecular flexibility index (Phi) is 17.6. The van der Waals surface area contributed by atoms with Crippen molar-refractivity contribution in [2.75, 3.05) is 24.6 Å². The minimum atomic E-state index is -3.77. The average molecular weight is 557 g/mol. The van der Waals surface area contributed by atoms with Gasteiger partial charge in [-0.05, 0) is 0 Å². The molecular weight excluding hydrogens is 495 g/mol. The third-order valence-corrected chi connectivity index (χ3v) is 17.6. The molecule has 0 unspecified atom stereocenters. The van der Waals surface area contributed by atoms with Crippen molar-refractivity contribution in [2.45, 2.75) is 149 Å². The second-order valence-electron chi connectivity index (χ2n) is 11.7. The van der Waals surface area contributed by atoms with Crippen LogP contribution in [0.5, 0.6) is 0 Å². The first-order valence-corrected chi connectivity index (χ1v) is 20.1. The van der Waals surface area contributed by atoms with Gasteiger partial charge < -0.3 is 0 Å². The molecule has 1 aromatic rings. The Bertz CT molecular complexity index is 784. The summed E-state index contributed by atoms with van der Waals surface area (Å²) in [5.41, 5.74) is 1.06. The molecule has 0 atom stereocenters. The Morgan fingerprint density at radius 1 is 0.541 bits per heavy atom. The first-order chi connectivity index (χ1) is 17.8. The molecule has 0 aliphatic heterocycles. The summed E-state index contributed by atoms with van der Waals surface area (Å²) in [7, 11) is -3.77. The standard InChI is InChI=1S/C32H61O3PS/c1-6-10-11-12-13-14-15-16-17-18-19-20-21-22-30-36(27-7-2,28-8-3,29-9-4)35-37(33,34)32-25-23-31(5)24-26-32/h23-26H,6-22,27-30H2,1-5H3. The average Bonchev–Trinajstić information content (AvgIpc) is 2.85. The SMILES string of the molecule is CCCCCCCCCCCCCCCCP(CCC)(CCC)(CCC)OS(=O)(=O)c1ccc(C)cc1. The van der Waals surface area contributed by atoms with Crippen LogP contribution < -0.4 is 0 Å². The molecule has 0 aromatic heterocycles. The van der Waals surface area contributed by atoms with Crippen molar-refractivity contribution in [3.05, 3.63) is 29.8 Å². The van der Waals surface area contributed by atoms with E-state index in [-0.39, 0.29) is 0 Å². The van der Waals surface area contributed by atoms with E-state index < -0.39 is 16.9 Å². The molecule has 0 saturated heterocycles. The van der Waals surface area contributed by atoms with Gasteiger partial charge in [-0.15, -0.1) is 0 Å². The molecule has 0 aliphatic carbocycles. The third kappa shape index (κ3) is 13.0. The van der Waals surface area contributed by atoms with E-state index in [1.165, 1.54) is 83.5 Å². The number of unbranched alkanes of at least 4 members (excludes halogenated alkanes) is 13. The van der Waals surface area contributed by atoms with Gasteiger partial charge in [-0.2, -0.15) is 0 Å². The van der Waals surface area contributed by atoms with Crippen molar-refractivity contribution in [1.29, 1.82) is 0 Å². The van der Waals surface area contributed by atoms with Gasteiger partial charge in [0.1, 0.15) is 0 Å². The predicted molar refractivity (Wildman–Crippen MR) is 167 cm³/mol. The van der Waals surface area contributed by atoms with Crippen LogP contribution in [0.2, 0.25) is 0 Å². The summed E-state index contributed by atoms with van der Waals surface area (Å²) in [6.07, 6.45) is 25.5. The Hall–Kier alpha value is -0.440. The van der Waals surface area contributed by atoms with Crippen LogP contribution in [0.1, 0.15) is 142 Å². The zero-order valence-corrected chi connectivity index (χ0v) is 26.9. The van der Waals surface area contributed by atoms with E-state index in [2.05, 4.69) is 27.7 Å². The monoisotopic (exact) mass is 556 g/mol. The van der Waals surface area contributed by atoms with Crippen LogP contribution in [0.3, 0.4) is 0 Å². The fourth-order valence-corrected chi connectivity index (χ4v) is 16.2. The van der Waals surface area contributed by atoms with E-state index in [0.29, 0.717) is 4.90 Å². The van der Waals surface area contributed by atoms with Crippen molar-refractivity contribution in [3.63, 3.8) is 0 Å². The normalized spacial score (nSPS) is 13.5. The number of hydrogen-bond donors (Lipinski definition) is 0. The van der Waals surface area contributed by atoms with Gasteiger partial charge in [0.25, 0.3) is 0 Å². The van der Waals surface area contributed by atoms with Gasteiger partial charge in [0.05, 0.1) is 0 Å². The molecule has 0 bridgehead atoms. The Morgan fingerprint density at radius 2 is 0.919 bits per heavy atom. The topological polar surface area (TPSA) is 43.4 Å². The molecule has 0 radical (unpaired) electrons. The molecule has 218 valence electrons. The third-order valence-electron chi connectivity index (χ3n) is 8.06. The van der Waals surface area contributed by atoms with Crippen molar-refractivity contribution >= 4 is 16.9 Å². The second kappa shape index (κ2) is 18.8. The first kappa shape index (κ1) is 34.6. The zero-order valence-electron chi connectivity index (χ0n) is 25.2. The zero-order chi connectivity index (χ0) is 27.5. The molecule has 0 fully saturated rings. The quantitative estimate of drug-likeness (QED) is 0.0939. The molecule has 37 heavy (non-hydrogen) atoms. The summed E-state index contributed by atoms with van der Waals surface area (Å²) in [5.74, 6) is 0. The summed E-state index contributed by atoms with van der Waals surface area (Å²) >= 11 is 0. The predicted octanol–water partition coefficient (Wildman–Crippen LogP) is 10.9. The summed E-state index contributed by atoms with van der Waals surface area (Å²) in [6, 6.07) is 7.18. The molecule has 0 N–H and O–H groups in total. The molecular formula is C32H61O3PS. The first-order valence-electron chi connectivity index (χ1n) is 15.8. The second-order valence-corrected chi connectivity index (χ2v) is 19.2. The van der Waals surface area contributed by atoms with Gasteiger partial charge in [0.15, 0.2) is 0 Å². The summed E-state index contributed by atoms with van der Waals surface area (Å²) in [4.78, 5) is 0.316. The van der Waals surface area contributed by atoms with Crippen LogP contribution >= 0.6 is 6.83 Å². The maximum absolute atomic E-state index is 13.5. The van der Waals surface area contributed by atoms with Crippen molar-refractivity contribution < 1.29 is 12.4 Å². The van der Waals surface area contributed by atoms with Crippen LogP contribution in [-0.2, 0) is 14.1 Å². The van der Waals surface area contributed by atoms with E-state index in [1.54, 1.807) is 12.1 Å². The minimum absolute atomic E-state index is 0.316. The van der Waals surface area contributed by atoms with Gasteiger partial charge in [-0.25, -0.2) is 0 Å². The molecule has 5 heteroatoms. The van der Waals surface area contributed by atoms with Gasteiger partial charge in [-0.3, -0.25) is 0 Å². The van der Waals surface area contributed by atoms with Crippen LogP contribution in [0.25, 0.3) is 0 Å². The Balaban J connectivity index is 2.63. The van der Waals surface area contributed by atoms with Gasteiger partial charge in [0, 0.05) is 0 Å². The van der Waals surface area contributed by atoms with Crippen LogP contribution in [0, 0.1) is 6.92 Å². The van der Waals surface area contributed by atoms with Crippen LogP contribution in [-0.4, -0.2) is 33.1 Å². The summed E-state index contributed by atoms with van der Waals surface area (Å²) in [5, 5.41) is 0. The number of benzene rings is 1. The van der Waals surface area contributed by atoms with E-state index in [0.717, 1.165) is 55.9 Å². The number of hydrogen-bond acceptors (Lipinski definition) is 3. The molecule has 0 aliphatic rings. The maximum atomic E-state index is 13.5. The van der Waals surface area contributed by atoms with Crippen molar-refractivity contribution in [3.8, 4) is 0 Å². The van der Waals surface area contributed by atoms with Crippen molar-refractivity contribution in [1.82, 2.24) is 0 Å². The Labute approximate surface area is 232 Å². The number of aryl methyl sites for hydroxylation is 1. The summed E-state index contributed by atoms with van der Waals surface area (Å²) in [6.45, 7) is 7.98. The van der Waals surface area contributed by atoms with Crippen molar-refractivity contribution in [2.24, 2.45) is 0 Å². The van der Waals surface area contributed by atoms with Gasteiger partial charge in [0.2, 0.25) is 0 Å². The fraction of sp³-hybridized carbons (Fsp3) is 0.812. The number of rotatable bonds is 24. The Morgan fingerprint density at radius 3 is 1.30 bits per heavy atom. The van der Waals surface area contributed by atoms with E-state index in [9.17, 15) is 8.42 Å².